The van der Waals surface area contributed by atoms with Crippen LogP contribution in [0.3, 0.4) is 0 Å². The van der Waals surface area contributed by atoms with E-state index in [-0.39, 0.29) is 5.91 Å². The summed E-state index contributed by atoms with van der Waals surface area (Å²) >= 11 is 0. The van der Waals surface area contributed by atoms with E-state index in [4.69, 9.17) is 10.5 Å². The lowest BCUT2D eigenvalue weighted by molar-refractivity contribution is -0.133. The molecule has 0 saturated carbocycles. The molecule has 0 aromatic heterocycles. The second-order valence-electron chi connectivity index (χ2n) is 4.99. The monoisotopic (exact) mass is 276 g/mol. The van der Waals surface area contributed by atoms with E-state index < -0.39 is 18.1 Å². The maximum Gasteiger partial charge on any atom is 0.249 e. The van der Waals surface area contributed by atoms with Crippen molar-refractivity contribution in [3.8, 4) is 0 Å². The number of ether oxygens (including phenoxy) is 1. The molecule has 3 N–H and O–H groups in total. The average molecular weight is 276 g/mol. The van der Waals surface area contributed by atoms with Gasteiger partial charge < -0.3 is 15.8 Å². The molecule has 2 atom stereocenters. The van der Waals surface area contributed by atoms with E-state index in [2.05, 4.69) is 5.32 Å². The summed E-state index contributed by atoms with van der Waals surface area (Å²) < 4.78 is 5.29. The van der Waals surface area contributed by atoms with Gasteiger partial charge >= 0.3 is 0 Å². The molecule has 1 aliphatic heterocycles. The molecule has 1 heterocycles. The van der Waals surface area contributed by atoms with Crippen molar-refractivity contribution in [3.63, 3.8) is 0 Å². The fourth-order valence-electron chi connectivity index (χ4n) is 2.29. The summed E-state index contributed by atoms with van der Waals surface area (Å²) in [6.45, 7) is 0.601. The van der Waals surface area contributed by atoms with Crippen LogP contribution in [0.25, 0.3) is 0 Å². The Hall–Kier alpha value is -1.88. The Balaban J connectivity index is 1.87. The minimum absolute atomic E-state index is 0.237. The molecule has 0 radical (unpaired) electrons. The van der Waals surface area contributed by atoms with Gasteiger partial charge in [0.1, 0.15) is 12.1 Å². The van der Waals surface area contributed by atoms with Gasteiger partial charge in [-0.1, -0.05) is 30.3 Å². The maximum absolute atomic E-state index is 11.9. The Morgan fingerprint density at radius 3 is 2.70 bits per heavy atom. The molecule has 1 aromatic carbocycles. The van der Waals surface area contributed by atoms with Crippen LogP contribution in [0, 0.1) is 0 Å². The number of amides is 2. The molecule has 0 spiro atoms. The van der Waals surface area contributed by atoms with Crippen LogP contribution in [0.1, 0.15) is 24.8 Å². The zero-order valence-corrected chi connectivity index (χ0v) is 11.4. The van der Waals surface area contributed by atoms with Gasteiger partial charge in [-0.3, -0.25) is 9.59 Å². The molecule has 2 amide bonds. The smallest absolute Gasteiger partial charge is 0.249 e. The van der Waals surface area contributed by atoms with Crippen LogP contribution in [0.4, 0.5) is 0 Å². The molecule has 5 heteroatoms. The standard InChI is InChI=1S/C15H20N2O3/c16-14(18)12(9-8-11-5-2-1-3-6-11)17-15(19)13-7-4-10-20-13/h1-3,5-6,12-13H,4,7-10H2,(H2,16,18)(H,17,19)/t12-,13-/m0/s1. The van der Waals surface area contributed by atoms with Gasteiger partial charge in [-0.2, -0.15) is 0 Å². The number of aryl methyl sites for hydroxylation is 1. The minimum Gasteiger partial charge on any atom is -0.368 e. The fraction of sp³-hybridized carbons (Fsp3) is 0.467. The maximum atomic E-state index is 11.9. The topological polar surface area (TPSA) is 81.4 Å². The van der Waals surface area contributed by atoms with Crippen LogP contribution in [-0.4, -0.2) is 30.6 Å². The van der Waals surface area contributed by atoms with Crippen LogP contribution in [0.2, 0.25) is 0 Å². The lowest BCUT2D eigenvalue weighted by atomic mass is 10.0. The van der Waals surface area contributed by atoms with E-state index in [1.807, 2.05) is 30.3 Å². The summed E-state index contributed by atoms with van der Waals surface area (Å²) in [5.41, 5.74) is 6.47. The summed E-state index contributed by atoms with van der Waals surface area (Å²) in [6.07, 6.45) is 2.34. The molecule has 0 bridgehead atoms. The van der Waals surface area contributed by atoms with Gasteiger partial charge in [0.25, 0.3) is 0 Å². The van der Waals surface area contributed by atoms with E-state index in [1.54, 1.807) is 0 Å². The largest absolute Gasteiger partial charge is 0.368 e. The molecule has 5 nitrogen and oxygen atoms in total. The second-order valence-corrected chi connectivity index (χ2v) is 4.99. The van der Waals surface area contributed by atoms with Gasteiger partial charge in [0.15, 0.2) is 0 Å². The molecule has 2 rings (SSSR count). The first-order valence-corrected chi connectivity index (χ1v) is 6.92. The molecular weight excluding hydrogens is 256 g/mol. The van der Waals surface area contributed by atoms with E-state index in [9.17, 15) is 9.59 Å². The van der Waals surface area contributed by atoms with Gasteiger partial charge in [0.05, 0.1) is 0 Å². The molecular formula is C15H20N2O3. The quantitative estimate of drug-likeness (QED) is 0.805. The molecule has 108 valence electrons. The van der Waals surface area contributed by atoms with E-state index in [0.717, 1.165) is 12.0 Å². The van der Waals surface area contributed by atoms with Crippen molar-refractivity contribution in [2.45, 2.75) is 37.8 Å². The third kappa shape index (κ3) is 4.06. The van der Waals surface area contributed by atoms with Crippen molar-refractivity contribution >= 4 is 11.8 Å². The van der Waals surface area contributed by atoms with Crippen LogP contribution in [0.5, 0.6) is 0 Å². The van der Waals surface area contributed by atoms with Gasteiger partial charge in [0.2, 0.25) is 11.8 Å². The number of benzene rings is 1. The Morgan fingerprint density at radius 1 is 1.35 bits per heavy atom. The lowest BCUT2D eigenvalue weighted by Crippen LogP contribution is -2.48. The number of carbonyl (C=O) groups excluding carboxylic acids is 2. The normalized spacial score (nSPS) is 19.5. The van der Waals surface area contributed by atoms with Crippen LogP contribution in [-0.2, 0) is 20.7 Å². The Bertz CT molecular complexity index is 455. The zero-order valence-electron chi connectivity index (χ0n) is 11.4. The van der Waals surface area contributed by atoms with Gasteiger partial charge in [-0.05, 0) is 31.2 Å². The number of hydrogen-bond acceptors (Lipinski definition) is 3. The molecule has 0 aliphatic carbocycles. The summed E-state index contributed by atoms with van der Waals surface area (Å²) in [5, 5.41) is 2.69. The summed E-state index contributed by atoms with van der Waals surface area (Å²) in [4.78, 5) is 23.4. The van der Waals surface area contributed by atoms with Crippen molar-refractivity contribution < 1.29 is 14.3 Å². The SMILES string of the molecule is NC(=O)[C@H](CCc1ccccc1)NC(=O)[C@@H]1CCCO1. The minimum atomic E-state index is -0.646. The number of hydrogen-bond donors (Lipinski definition) is 2. The predicted molar refractivity (Wildman–Crippen MR) is 74.9 cm³/mol. The Kier molecular flexibility index (Phi) is 5.12. The highest BCUT2D eigenvalue weighted by Crippen LogP contribution is 2.12. The number of nitrogens with two attached hydrogens (primary N) is 1. The summed E-state index contributed by atoms with van der Waals surface area (Å²) in [6, 6.07) is 9.15. The van der Waals surface area contributed by atoms with Gasteiger partial charge in [0, 0.05) is 6.61 Å². The molecule has 1 aliphatic rings. The second kappa shape index (κ2) is 7.05. The first kappa shape index (κ1) is 14.5. The van der Waals surface area contributed by atoms with Crippen molar-refractivity contribution in [2.24, 2.45) is 5.73 Å². The van der Waals surface area contributed by atoms with Gasteiger partial charge in [-0.25, -0.2) is 0 Å². The highest BCUT2D eigenvalue weighted by Gasteiger charge is 2.27. The average Bonchev–Trinajstić information content (AvgIpc) is 2.98. The number of carbonyl (C=O) groups is 2. The van der Waals surface area contributed by atoms with E-state index in [0.29, 0.717) is 25.9 Å². The van der Waals surface area contributed by atoms with Crippen molar-refractivity contribution in [2.75, 3.05) is 6.61 Å². The predicted octanol–water partition coefficient (Wildman–Crippen LogP) is 0.768. The van der Waals surface area contributed by atoms with Crippen LogP contribution >= 0.6 is 0 Å². The van der Waals surface area contributed by atoms with Crippen molar-refractivity contribution in [1.29, 1.82) is 0 Å². The van der Waals surface area contributed by atoms with Crippen molar-refractivity contribution in [3.05, 3.63) is 35.9 Å². The highest BCUT2D eigenvalue weighted by molar-refractivity contribution is 5.88. The highest BCUT2D eigenvalue weighted by atomic mass is 16.5. The van der Waals surface area contributed by atoms with Gasteiger partial charge in [-0.15, -0.1) is 0 Å². The third-order valence-electron chi connectivity index (χ3n) is 3.45. The lowest BCUT2D eigenvalue weighted by Gasteiger charge is -2.18. The van der Waals surface area contributed by atoms with E-state index >= 15 is 0 Å². The summed E-state index contributed by atoms with van der Waals surface area (Å²) in [5.74, 6) is -0.744. The third-order valence-corrected chi connectivity index (χ3v) is 3.45. The van der Waals surface area contributed by atoms with Crippen LogP contribution < -0.4 is 11.1 Å². The molecule has 1 saturated heterocycles. The number of nitrogens with one attached hydrogen (secondary N) is 1. The van der Waals surface area contributed by atoms with Crippen LogP contribution in [0.15, 0.2) is 30.3 Å². The molecule has 1 aromatic rings. The molecule has 20 heavy (non-hydrogen) atoms. The first-order valence-electron chi connectivity index (χ1n) is 6.92. The zero-order chi connectivity index (χ0) is 14.4. The Morgan fingerprint density at radius 2 is 2.10 bits per heavy atom. The van der Waals surface area contributed by atoms with E-state index in [1.165, 1.54) is 0 Å². The fourth-order valence-corrected chi connectivity index (χ4v) is 2.29. The molecule has 0 unspecified atom stereocenters. The number of primary amides is 1. The first-order chi connectivity index (χ1) is 9.66. The molecule has 1 fully saturated rings. The van der Waals surface area contributed by atoms with Crippen molar-refractivity contribution in [1.82, 2.24) is 5.32 Å². The summed E-state index contributed by atoms with van der Waals surface area (Å²) in [7, 11) is 0. The number of rotatable bonds is 6. The Labute approximate surface area is 118 Å².